The monoisotopic (exact) mass is 258 g/mol. The molecule has 0 aromatic heterocycles. The van der Waals surface area contributed by atoms with E-state index in [0.29, 0.717) is 0 Å². The largest absolute Gasteiger partial charge is 0.289 e. The minimum atomic E-state index is 0.145. The summed E-state index contributed by atoms with van der Waals surface area (Å²) in [4.78, 5) is 12.2. The molecule has 1 rings (SSSR count). The van der Waals surface area contributed by atoms with Gasteiger partial charge in [0.05, 0.1) is 0 Å². The summed E-state index contributed by atoms with van der Waals surface area (Å²) in [6, 6.07) is 6.44. The van der Waals surface area contributed by atoms with Crippen LogP contribution in [0.15, 0.2) is 30.4 Å². The average Bonchev–Trinajstić information content (AvgIpc) is 2.43. The van der Waals surface area contributed by atoms with E-state index in [2.05, 4.69) is 32.0 Å². The third kappa shape index (κ3) is 5.02. The molecule has 0 saturated heterocycles. The lowest BCUT2D eigenvalue weighted by Gasteiger charge is -2.09. The zero-order valence-corrected chi connectivity index (χ0v) is 12.5. The molecule has 0 unspecified atom stereocenters. The molecule has 0 spiro atoms. The summed E-state index contributed by atoms with van der Waals surface area (Å²) in [6.07, 6.45) is 10.3. The van der Waals surface area contributed by atoms with Crippen molar-refractivity contribution >= 4 is 5.78 Å². The van der Waals surface area contributed by atoms with Crippen LogP contribution < -0.4 is 0 Å². The van der Waals surface area contributed by atoms with Crippen LogP contribution in [0.2, 0.25) is 0 Å². The summed E-state index contributed by atoms with van der Waals surface area (Å²) < 4.78 is 0. The summed E-state index contributed by atoms with van der Waals surface area (Å²) in [6.45, 7) is 6.27. The maximum absolute atomic E-state index is 12.2. The summed E-state index contributed by atoms with van der Waals surface area (Å²) >= 11 is 0. The topological polar surface area (TPSA) is 17.1 Å². The Kier molecular flexibility index (Phi) is 7.17. The predicted molar refractivity (Wildman–Crippen MR) is 82.8 cm³/mol. The molecule has 0 amide bonds. The summed E-state index contributed by atoms with van der Waals surface area (Å²) in [5.74, 6) is 0.145. The van der Waals surface area contributed by atoms with Gasteiger partial charge in [-0.15, -0.1) is 0 Å². The second-order valence-electron chi connectivity index (χ2n) is 5.06. The van der Waals surface area contributed by atoms with Gasteiger partial charge < -0.3 is 0 Å². The van der Waals surface area contributed by atoms with Gasteiger partial charge in [0.1, 0.15) is 0 Å². The fraction of sp³-hybridized carbons (Fsp3) is 0.500. The first-order valence-electron chi connectivity index (χ1n) is 7.51. The van der Waals surface area contributed by atoms with Crippen molar-refractivity contribution in [2.45, 2.75) is 59.3 Å². The Bertz CT molecular complexity index is 429. The normalized spacial score (nSPS) is 11.1. The van der Waals surface area contributed by atoms with E-state index in [-0.39, 0.29) is 5.78 Å². The van der Waals surface area contributed by atoms with Gasteiger partial charge in [-0.2, -0.15) is 0 Å². The second kappa shape index (κ2) is 8.68. The fourth-order valence-electron chi connectivity index (χ4n) is 2.22. The Morgan fingerprint density at radius 1 is 1.11 bits per heavy atom. The first kappa shape index (κ1) is 15.7. The van der Waals surface area contributed by atoms with Crippen LogP contribution in [0.3, 0.4) is 0 Å². The van der Waals surface area contributed by atoms with E-state index >= 15 is 0 Å². The van der Waals surface area contributed by atoms with Gasteiger partial charge in [-0.3, -0.25) is 4.79 Å². The van der Waals surface area contributed by atoms with Crippen molar-refractivity contribution in [1.29, 1.82) is 0 Å². The third-order valence-electron chi connectivity index (χ3n) is 3.38. The maximum atomic E-state index is 12.2. The van der Waals surface area contributed by atoms with Gasteiger partial charge in [0.2, 0.25) is 0 Å². The number of aryl methyl sites for hydroxylation is 2. The van der Waals surface area contributed by atoms with E-state index in [1.165, 1.54) is 24.0 Å². The molecule has 0 atom stereocenters. The van der Waals surface area contributed by atoms with Crippen LogP contribution in [0.25, 0.3) is 0 Å². The smallest absolute Gasteiger partial charge is 0.185 e. The summed E-state index contributed by atoms with van der Waals surface area (Å²) in [7, 11) is 0. The van der Waals surface area contributed by atoms with E-state index in [9.17, 15) is 4.79 Å². The van der Waals surface area contributed by atoms with Crippen LogP contribution in [-0.2, 0) is 12.8 Å². The number of hydrogen-bond acceptors (Lipinski definition) is 1. The van der Waals surface area contributed by atoms with Gasteiger partial charge in [-0.1, -0.05) is 44.9 Å². The Morgan fingerprint density at radius 2 is 1.79 bits per heavy atom. The van der Waals surface area contributed by atoms with Crippen molar-refractivity contribution < 1.29 is 4.79 Å². The van der Waals surface area contributed by atoms with Crippen LogP contribution in [-0.4, -0.2) is 5.78 Å². The molecule has 1 aromatic carbocycles. The van der Waals surface area contributed by atoms with E-state index in [0.717, 1.165) is 31.2 Å². The zero-order chi connectivity index (χ0) is 14.1. The highest BCUT2D eigenvalue weighted by atomic mass is 16.1. The summed E-state index contributed by atoms with van der Waals surface area (Å²) in [5, 5.41) is 0. The van der Waals surface area contributed by atoms with Crippen LogP contribution in [0.5, 0.6) is 0 Å². The molecule has 19 heavy (non-hydrogen) atoms. The van der Waals surface area contributed by atoms with Crippen LogP contribution in [0, 0.1) is 0 Å². The number of allylic oxidation sites excluding steroid dienone is 2. The lowest BCUT2D eigenvalue weighted by Crippen LogP contribution is -2.03. The maximum Gasteiger partial charge on any atom is 0.185 e. The molecule has 1 heteroatoms. The van der Waals surface area contributed by atoms with Gasteiger partial charge in [-0.25, -0.2) is 0 Å². The summed E-state index contributed by atoms with van der Waals surface area (Å²) in [5.41, 5.74) is 3.39. The van der Waals surface area contributed by atoms with Crippen molar-refractivity contribution in [3.63, 3.8) is 0 Å². The molecule has 0 aliphatic carbocycles. The standard InChI is InChI=1S/C18H26O/c1-4-7-10-15-12-13-16(11-8-5-2)17(14-15)18(19)9-6-3/h6,9,12-14H,4-5,7-8,10-11H2,1-3H3/b9-6+. The van der Waals surface area contributed by atoms with Crippen molar-refractivity contribution in [3.05, 3.63) is 47.0 Å². The Labute approximate surface area is 117 Å². The molecule has 0 heterocycles. The second-order valence-corrected chi connectivity index (χ2v) is 5.06. The number of carbonyl (C=O) groups is 1. The van der Waals surface area contributed by atoms with Crippen molar-refractivity contribution in [3.8, 4) is 0 Å². The molecule has 0 radical (unpaired) electrons. The average molecular weight is 258 g/mol. The molecule has 1 nitrogen and oxygen atoms in total. The van der Waals surface area contributed by atoms with Gasteiger partial charge in [0, 0.05) is 5.56 Å². The number of hydrogen-bond donors (Lipinski definition) is 0. The van der Waals surface area contributed by atoms with E-state index < -0.39 is 0 Å². The molecular weight excluding hydrogens is 232 g/mol. The quantitative estimate of drug-likeness (QED) is 0.466. The number of benzene rings is 1. The molecule has 0 aliphatic rings. The Balaban J connectivity index is 2.99. The molecule has 0 bridgehead atoms. The molecular formula is C18H26O. The van der Waals surface area contributed by atoms with Gasteiger partial charge >= 0.3 is 0 Å². The van der Waals surface area contributed by atoms with Gasteiger partial charge in [0.15, 0.2) is 5.78 Å². The molecule has 0 fully saturated rings. The zero-order valence-electron chi connectivity index (χ0n) is 12.5. The number of carbonyl (C=O) groups excluding carboxylic acids is 1. The molecule has 0 saturated carbocycles. The molecule has 104 valence electrons. The van der Waals surface area contributed by atoms with Gasteiger partial charge in [-0.05, 0) is 55.9 Å². The minimum Gasteiger partial charge on any atom is -0.289 e. The van der Waals surface area contributed by atoms with E-state index in [4.69, 9.17) is 0 Å². The van der Waals surface area contributed by atoms with Gasteiger partial charge in [0.25, 0.3) is 0 Å². The highest BCUT2D eigenvalue weighted by Gasteiger charge is 2.09. The predicted octanol–water partition coefficient (Wildman–Crippen LogP) is 5.13. The molecule has 1 aromatic rings. The third-order valence-corrected chi connectivity index (χ3v) is 3.38. The highest BCUT2D eigenvalue weighted by molar-refractivity contribution is 6.05. The van der Waals surface area contributed by atoms with Crippen molar-refractivity contribution in [2.75, 3.05) is 0 Å². The first-order chi connectivity index (χ1) is 9.22. The number of rotatable bonds is 8. The van der Waals surface area contributed by atoms with Crippen LogP contribution in [0.4, 0.5) is 0 Å². The molecule has 0 N–H and O–H groups in total. The Morgan fingerprint density at radius 3 is 2.42 bits per heavy atom. The number of unbranched alkanes of at least 4 members (excludes halogenated alkanes) is 2. The van der Waals surface area contributed by atoms with Crippen LogP contribution >= 0.6 is 0 Å². The van der Waals surface area contributed by atoms with Crippen molar-refractivity contribution in [1.82, 2.24) is 0 Å². The van der Waals surface area contributed by atoms with Crippen LogP contribution in [0.1, 0.15) is 67.9 Å². The lowest BCUT2D eigenvalue weighted by molar-refractivity contribution is 0.104. The lowest BCUT2D eigenvalue weighted by atomic mass is 9.95. The fourth-order valence-corrected chi connectivity index (χ4v) is 2.22. The van der Waals surface area contributed by atoms with E-state index in [1.54, 1.807) is 6.08 Å². The SMILES string of the molecule is C/C=C/C(=O)c1cc(CCCC)ccc1CCCC. The number of ketones is 1. The first-order valence-corrected chi connectivity index (χ1v) is 7.51. The van der Waals surface area contributed by atoms with E-state index in [1.807, 2.05) is 13.0 Å². The highest BCUT2D eigenvalue weighted by Crippen LogP contribution is 2.17. The van der Waals surface area contributed by atoms with Crippen molar-refractivity contribution in [2.24, 2.45) is 0 Å². The Hall–Kier alpha value is -1.37. The molecule has 0 aliphatic heterocycles. The minimum absolute atomic E-state index is 0.145.